The highest BCUT2D eigenvalue weighted by molar-refractivity contribution is 6.01. The van der Waals surface area contributed by atoms with E-state index in [-0.39, 0.29) is 47.6 Å². The predicted octanol–water partition coefficient (Wildman–Crippen LogP) is 6.18. The molecule has 4 aromatic rings. The molecule has 0 radical (unpaired) electrons. The summed E-state index contributed by atoms with van der Waals surface area (Å²) < 4.78 is 52.4. The fraction of sp³-hybridized carbons (Fsp3) is 0.471. The van der Waals surface area contributed by atoms with Crippen LogP contribution in [0.15, 0.2) is 30.5 Å². The Morgan fingerprint density at radius 1 is 1.22 bits per heavy atom. The third-order valence-electron chi connectivity index (χ3n) is 9.69. The molecule has 3 aliphatic rings. The molecule has 2 aliphatic heterocycles. The van der Waals surface area contributed by atoms with Crippen LogP contribution in [0.2, 0.25) is 0 Å². The number of pyridine rings is 1. The zero-order valence-electron chi connectivity index (χ0n) is 25.6. The average Bonchev–Trinajstić information content (AvgIpc) is 3.72. The van der Waals surface area contributed by atoms with E-state index in [1.165, 1.54) is 24.4 Å². The first kappa shape index (κ1) is 30.5. The van der Waals surface area contributed by atoms with Crippen molar-refractivity contribution < 1.29 is 32.9 Å². The lowest BCUT2D eigenvalue weighted by Crippen LogP contribution is -2.43. The van der Waals surface area contributed by atoms with Crippen molar-refractivity contribution in [3.05, 3.63) is 47.7 Å². The van der Waals surface area contributed by atoms with Crippen LogP contribution in [0.5, 0.6) is 11.8 Å². The third kappa shape index (κ3) is 5.46. The van der Waals surface area contributed by atoms with Gasteiger partial charge in [-0.15, -0.1) is 0 Å². The molecule has 7 rings (SSSR count). The Morgan fingerprint density at radius 2 is 2.04 bits per heavy atom. The normalized spacial score (nSPS) is 21.3. The second-order valence-electron chi connectivity index (χ2n) is 12.8. The molecule has 4 heterocycles. The molecule has 0 amide bonds. The number of fused-ring (bicyclic) bond motifs is 3. The summed E-state index contributed by atoms with van der Waals surface area (Å²) in [5, 5.41) is 21.1. The number of nitrogens with zero attached hydrogens (tertiary/aromatic N) is 5. The lowest BCUT2D eigenvalue weighted by molar-refractivity contribution is -0.137. The van der Waals surface area contributed by atoms with Gasteiger partial charge in [0.05, 0.1) is 10.9 Å². The van der Waals surface area contributed by atoms with Gasteiger partial charge in [-0.3, -0.25) is 14.7 Å². The second kappa shape index (κ2) is 11.9. The second-order valence-corrected chi connectivity index (χ2v) is 12.8. The number of aliphatic carboxylic acids is 1. The molecule has 12 heteroatoms. The number of alkyl halides is 1. The number of aryl methyl sites for hydroxylation is 1. The summed E-state index contributed by atoms with van der Waals surface area (Å²) in [5.74, 6) is -1.86. The maximum absolute atomic E-state index is 16.8. The SMILES string of the molecule is CCc1c(F)ccc2cc(O)cc(-c3ncc4c(N(CCCC(=O)O)C5CC5)nc(OC[C@@]56CCCN5C[C@H](F)C6)nc4c3F)c12. The van der Waals surface area contributed by atoms with Crippen LogP contribution in [0.1, 0.15) is 57.4 Å². The molecule has 0 bridgehead atoms. The van der Waals surface area contributed by atoms with E-state index in [9.17, 15) is 23.8 Å². The highest BCUT2D eigenvalue weighted by atomic mass is 19.1. The minimum absolute atomic E-state index is 0.0317. The van der Waals surface area contributed by atoms with E-state index in [1.807, 2.05) is 4.90 Å². The van der Waals surface area contributed by atoms with Crippen molar-refractivity contribution in [1.82, 2.24) is 19.9 Å². The lowest BCUT2D eigenvalue weighted by Gasteiger charge is -2.31. The lowest BCUT2D eigenvalue weighted by atomic mass is 9.94. The van der Waals surface area contributed by atoms with Gasteiger partial charge in [0.25, 0.3) is 0 Å². The number of phenolic OH excluding ortho intramolecular Hbond substituents is 1. The number of phenols is 1. The van der Waals surface area contributed by atoms with Gasteiger partial charge in [0.1, 0.15) is 41.4 Å². The number of anilines is 1. The van der Waals surface area contributed by atoms with Gasteiger partial charge < -0.3 is 19.8 Å². The number of rotatable bonds is 11. The summed E-state index contributed by atoms with van der Waals surface area (Å²) >= 11 is 0. The maximum Gasteiger partial charge on any atom is 0.319 e. The van der Waals surface area contributed by atoms with Crippen molar-refractivity contribution in [2.24, 2.45) is 0 Å². The van der Waals surface area contributed by atoms with E-state index in [0.29, 0.717) is 59.9 Å². The number of carboxylic acid groups (broad SMARTS) is 1. The molecule has 2 saturated heterocycles. The topological polar surface area (TPSA) is 112 Å². The molecular weight excluding hydrogens is 599 g/mol. The molecule has 9 nitrogen and oxygen atoms in total. The first-order valence-electron chi connectivity index (χ1n) is 16.0. The smallest absolute Gasteiger partial charge is 0.319 e. The Hall–Kier alpha value is -4.19. The minimum atomic E-state index is -0.947. The fourth-order valence-corrected chi connectivity index (χ4v) is 7.42. The molecule has 0 unspecified atom stereocenters. The van der Waals surface area contributed by atoms with E-state index in [1.54, 1.807) is 13.0 Å². The highest BCUT2D eigenvalue weighted by Gasteiger charge is 2.49. The van der Waals surface area contributed by atoms with Crippen LogP contribution in [0, 0.1) is 11.6 Å². The number of carboxylic acids is 1. The zero-order chi connectivity index (χ0) is 32.2. The van der Waals surface area contributed by atoms with Crippen LogP contribution in [0.25, 0.3) is 32.9 Å². The summed E-state index contributed by atoms with van der Waals surface area (Å²) in [6.07, 6.45) is 5.00. The Kier molecular flexibility index (Phi) is 7.86. The molecule has 2 aromatic heterocycles. The van der Waals surface area contributed by atoms with Crippen molar-refractivity contribution in [2.75, 3.05) is 31.1 Å². The zero-order valence-corrected chi connectivity index (χ0v) is 25.6. The van der Waals surface area contributed by atoms with E-state index in [4.69, 9.17) is 9.72 Å². The number of aromatic hydroxyl groups is 1. The Balaban J connectivity index is 1.37. The monoisotopic (exact) mass is 635 g/mol. The van der Waals surface area contributed by atoms with Gasteiger partial charge in [0.2, 0.25) is 0 Å². The molecule has 2 N–H and O–H groups in total. The van der Waals surface area contributed by atoms with Gasteiger partial charge in [-0.1, -0.05) is 13.0 Å². The number of hydrogen-bond donors (Lipinski definition) is 2. The molecule has 2 atom stereocenters. The largest absolute Gasteiger partial charge is 0.508 e. The molecule has 46 heavy (non-hydrogen) atoms. The van der Waals surface area contributed by atoms with Gasteiger partial charge >= 0.3 is 12.0 Å². The van der Waals surface area contributed by atoms with E-state index >= 15 is 4.39 Å². The van der Waals surface area contributed by atoms with Gasteiger partial charge in [0, 0.05) is 43.7 Å². The van der Waals surface area contributed by atoms with E-state index in [0.717, 1.165) is 32.2 Å². The summed E-state index contributed by atoms with van der Waals surface area (Å²) in [4.78, 5) is 29.1. The molecule has 1 saturated carbocycles. The standard InChI is InChI=1S/C34H36F3N5O4/c1-2-23-26(36)9-6-19-13-22(43)14-24(28(19)23)30-29(37)31-25(16-38-30)32(42(21-7-8-21)12-3-5-27(44)45)40-33(39-31)46-18-34-10-4-11-41(34)17-20(35)15-34/h6,9,13-14,16,20-21,43H,2-5,7-8,10-12,15,17-18H2,1H3,(H,44,45)/t20-,34+/m1/s1. The number of ether oxygens (including phenoxy) is 1. The van der Waals surface area contributed by atoms with E-state index in [2.05, 4.69) is 14.9 Å². The van der Waals surface area contributed by atoms with E-state index < -0.39 is 29.3 Å². The first-order chi connectivity index (χ1) is 22.2. The number of benzene rings is 2. The summed E-state index contributed by atoms with van der Waals surface area (Å²) in [5.41, 5.74) is -0.0318. The maximum atomic E-state index is 16.8. The van der Waals surface area contributed by atoms with Crippen LogP contribution in [0.4, 0.5) is 19.0 Å². The summed E-state index contributed by atoms with van der Waals surface area (Å²) in [6, 6.07) is 5.78. The molecule has 0 spiro atoms. The molecule has 3 fully saturated rings. The van der Waals surface area contributed by atoms with Crippen molar-refractivity contribution in [3.63, 3.8) is 0 Å². The molecule has 1 aliphatic carbocycles. The number of halogens is 3. The van der Waals surface area contributed by atoms with Crippen molar-refractivity contribution in [2.45, 2.75) is 76.0 Å². The fourth-order valence-electron chi connectivity index (χ4n) is 7.42. The third-order valence-corrected chi connectivity index (χ3v) is 9.69. The van der Waals surface area contributed by atoms with Crippen LogP contribution in [0.3, 0.4) is 0 Å². The number of hydrogen-bond acceptors (Lipinski definition) is 8. The number of carbonyl (C=O) groups is 1. The van der Waals surface area contributed by atoms with Crippen LogP contribution >= 0.6 is 0 Å². The Labute approximate surface area is 264 Å². The van der Waals surface area contributed by atoms with Gasteiger partial charge in [-0.25, -0.2) is 13.2 Å². The molecular formula is C34H36F3N5O4. The minimum Gasteiger partial charge on any atom is -0.508 e. The highest BCUT2D eigenvalue weighted by Crippen LogP contribution is 2.42. The van der Waals surface area contributed by atoms with Crippen molar-refractivity contribution in [1.29, 1.82) is 0 Å². The van der Waals surface area contributed by atoms with Gasteiger partial charge in [-0.2, -0.15) is 9.97 Å². The van der Waals surface area contributed by atoms with Gasteiger partial charge in [0.15, 0.2) is 5.82 Å². The van der Waals surface area contributed by atoms with Crippen LogP contribution < -0.4 is 9.64 Å². The van der Waals surface area contributed by atoms with Crippen LogP contribution in [-0.4, -0.2) is 80.0 Å². The quantitative estimate of drug-likeness (QED) is 0.200. The van der Waals surface area contributed by atoms with Gasteiger partial charge in [-0.05, 0) is 79.6 Å². The summed E-state index contributed by atoms with van der Waals surface area (Å²) in [7, 11) is 0. The number of aromatic nitrogens is 3. The van der Waals surface area contributed by atoms with Crippen molar-refractivity contribution in [3.8, 4) is 23.0 Å². The Bertz CT molecular complexity index is 1840. The molecule has 2 aromatic carbocycles. The predicted molar refractivity (Wildman–Crippen MR) is 167 cm³/mol. The molecule has 242 valence electrons. The van der Waals surface area contributed by atoms with Crippen LogP contribution in [-0.2, 0) is 11.2 Å². The van der Waals surface area contributed by atoms with Crippen molar-refractivity contribution >= 4 is 33.5 Å². The first-order valence-corrected chi connectivity index (χ1v) is 16.0. The summed E-state index contributed by atoms with van der Waals surface area (Å²) in [6.45, 7) is 3.47. The average molecular weight is 636 g/mol. The Morgan fingerprint density at radius 3 is 2.80 bits per heavy atom.